The average Bonchev–Trinajstić information content (AvgIpc) is 1.81. The van der Waals surface area contributed by atoms with Gasteiger partial charge < -0.3 is 5.11 Å². The molecule has 0 heterocycles. The van der Waals surface area contributed by atoms with Crippen molar-refractivity contribution in [2.24, 2.45) is 0 Å². The highest BCUT2D eigenvalue weighted by Gasteiger charge is 2.33. The second kappa shape index (κ2) is 3.32. The molecule has 3 heteroatoms. The van der Waals surface area contributed by atoms with Gasteiger partial charge in [-0.3, -0.25) is 0 Å². The summed E-state index contributed by atoms with van der Waals surface area (Å²) in [6.45, 7) is 10.5. The summed E-state index contributed by atoms with van der Waals surface area (Å²) in [6.07, 6.45) is 0. The molecular weight excluding hydrogens is 168 g/mol. The first kappa shape index (κ1) is 11.2. The standard InChI is InChI=1S/C9H16O2Si/c1-9(2,3)12(4,5)7-6-8(10)11/h1-5H3,(H,10,11). The van der Waals surface area contributed by atoms with E-state index < -0.39 is 14.0 Å². The lowest BCUT2D eigenvalue weighted by Crippen LogP contribution is -2.35. The summed E-state index contributed by atoms with van der Waals surface area (Å²) in [4.78, 5) is 10.2. The van der Waals surface area contributed by atoms with E-state index in [9.17, 15) is 4.79 Å². The van der Waals surface area contributed by atoms with Crippen molar-refractivity contribution in [2.75, 3.05) is 0 Å². The molecule has 0 aliphatic carbocycles. The number of hydrogen-bond acceptors (Lipinski definition) is 1. The molecule has 0 rings (SSSR count). The number of carbonyl (C=O) groups is 1. The van der Waals surface area contributed by atoms with E-state index in [1.807, 2.05) is 0 Å². The summed E-state index contributed by atoms with van der Waals surface area (Å²) in [7, 11) is -1.71. The van der Waals surface area contributed by atoms with Crippen LogP contribution in [0.5, 0.6) is 0 Å². The number of aliphatic carboxylic acids is 1. The lowest BCUT2D eigenvalue weighted by Gasteiger charge is -2.31. The summed E-state index contributed by atoms with van der Waals surface area (Å²) in [5.74, 6) is 1.19. The van der Waals surface area contributed by atoms with E-state index in [2.05, 4.69) is 45.3 Å². The van der Waals surface area contributed by atoms with E-state index in [4.69, 9.17) is 5.11 Å². The average molecular weight is 184 g/mol. The Bertz CT molecular complexity index is 237. The minimum Gasteiger partial charge on any atom is -0.472 e. The Hall–Kier alpha value is -0.753. The van der Waals surface area contributed by atoms with Gasteiger partial charge in [0.2, 0.25) is 0 Å². The molecule has 0 bridgehead atoms. The Kier molecular flexibility index (Phi) is 3.11. The summed E-state index contributed by atoms with van der Waals surface area (Å²) in [5.41, 5.74) is 2.89. The summed E-state index contributed by atoms with van der Waals surface area (Å²) >= 11 is 0. The van der Waals surface area contributed by atoms with Crippen LogP contribution < -0.4 is 0 Å². The maximum Gasteiger partial charge on any atom is 0.381 e. The fourth-order valence-corrected chi connectivity index (χ4v) is 1.19. The molecule has 0 aromatic carbocycles. The molecule has 0 fully saturated rings. The first-order valence-electron chi connectivity index (χ1n) is 3.93. The Morgan fingerprint density at radius 1 is 1.33 bits per heavy atom. The maximum absolute atomic E-state index is 10.2. The Morgan fingerprint density at radius 3 is 2.00 bits per heavy atom. The van der Waals surface area contributed by atoms with Gasteiger partial charge in [0.05, 0.1) is 0 Å². The van der Waals surface area contributed by atoms with Gasteiger partial charge in [0.1, 0.15) is 8.07 Å². The van der Waals surface area contributed by atoms with Gasteiger partial charge in [0.25, 0.3) is 0 Å². The van der Waals surface area contributed by atoms with Crippen molar-refractivity contribution in [2.45, 2.75) is 38.9 Å². The van der Waals surface area contributed by atoms with Crippen molar-refractivity contribution in [3.05, 3.63) is 0 Å². The van der Waals surface area contributed by atoms with Crippen molar-refractivity contribution in [1.29, 1.82) is 0 Å². The van der Waals surface area contributed by atoms with Gasteiger partial charge in [-0.05, 0) is 5.04 Å². The summed E-state index contributed by atoms with van der Waals surface area (Å²) in [5, 5.41) is 8.53. The molecular formula is C9H16O2Si. The topological polar surface area (TPSA) is 37.3 Å². The second-order valence-corrected chi connectivity index (χ2v) is 9.43. The summed E-state index contributed by atoms with van der Waals surface area (Å²) in [6, 6.07) is 0. The molecule has 0 radical (unpaired) electrons. The number of hydrogen-bond donors (Lipinski definition) is 1. The molecule has 0 unspecified atom stereocenters. The fourth-order valence-electron chi connectivity index (χ4n) is 0.397. The van der Waals surface area contributed by atoms with E-state index in [1.54, 1.807) is 0 Å². The van der Waals surface area contributed by atoms with Crippen LogP contribution in [0.25, 0.3) is 0 Å². The maximum atomic E-state index is 10.2. The van der Waals surface area contributed by atoms with E-state index in [1.165, 1.54) is 0 Å². The zero-order valence-electron chi connectivity index (χ0n) is 8.36. The monoisotopic (exact) mass is 184 g/mol. The molecule has 0 aromatic heterocycles. The van der Waals surface area contributed by atoms with Crippen LogP contribution >= 0.6 is 0 Å². The van der Waals surface area contributed by atoms with E-state index >= 15 is 0 Å². The van der Waals surface area contributed by atoms with Crippen LogP contribution in [0.2, 0.25) is 18.1 Å². The van der Waals surface area contributed by atoms with Crippen LogP contribution in [0.15, 0.2) is 0 Å². The third-order valence-corrected chi connectivity index (χ3v) is 6.86. The predicted octanol–water partition coefficient (Wildman–Crippen LogP) is 2.12. The van der Waals surface area contributed by atoms with Crippen molar-refractivity contribution in [3.63, 3.8) is 0 Å². The predicted molar refractivity (Wildman–Crippen MR) is 52.6 cm³/mol. The molecule has 0 aliphatic rings. The molecule has 12 heavy (non-hydrogen) atoms. The highest BCUT2D eigenvalue weighted by atomic mass is 28.3. The normalized spacial score (nSPS) is 11.8. The van der Waals surface area contributed by atoms with E-state index in [0.717, 1.165) is 0 Å². The fraction of sp³-hybridized carbons (Fsp3) is 0.667. The number of rotatable bonds is 0. The van der Waals surface area contributed by atoms with E-state index in [0.29, 0.717) is 0 Å². The minimum absolute atomic E-state index is 0.134. The van der Waals surface area contributed by atoms with Crippen molar-refractivity contribution < 1.29 is 9.90 Å². The van der Waals surface area contributed by atoms with Crippen LogP contribution in [0.3, 0.4) is 0 Å². The van der Waals surface area contributed by atoms with Crippen LogP contribution in [0.1, 0.15) is 20.8 Å². The first-order valence-corrected chi connectivity index (χ1v) is 6.93. The quantitative estimate of drug-likeness (QED) is 0.462. The van der Waals surface area contributed by atoms with Crippen molar-refractivity contribution in [3.8, 4) is 11.5 Å². The highest BCUT2D eigenvalue weighted by molar-refractivity contribution is 6.87. The van der Waals surface area contributed by atoms with Gasteiger partial charge in [0.15, 0.2) is 0 Å². The zero-order valence-corrected chi connectivity index (χ0v) is 9.36. The number of carboxylic acids is 1. The van der Waals surface area contributed by atoms with Crippen LogP contribution in [-0.4, -0.2) is 19.1 Å². The van der Waals surface area contributed by atoms with Crippen molar-refractivity contribution in [1.82, 2.24) is 0 Å². The smallest absolute Gasteiger partial charge is 0.381 e. The van der Waals surface area contributed by atoms with Crippen LogP contribution in [0, 0.1) is 11.5 Å². The summed E-state index contributed by atoms with van der Waals surface area (Å²) < 4.78 is 0. The Labute approximate surface area is 75.0 Å². The third kappa shape index (κ3) is 3.10. The molecule has 0 amide bonds. The second-order valence-electron chi connectivity index (χ2n) is 4.43. The third-order valence-electron chi connectivity index (χ3n) is 2.36. The van der Waals surface area contributed by atoms with Gasteiger partial charge in [-0.15, -0.1) is 5.54 Å². The van der Waals surface area contributed by atoms with E-state index in [-0.39, 0.29) is 5.04 Å². The molecule has 1 N–H and O–H groups in total. The molecule has 68 valence electrons. The molecule has 2 nitrogen and oxygen atoms in total. The lowest BCUT2D eigenvalue weighted by atomic mass is 10.2. The Balaban J connectivity index is 4.69. The first-order chi connectivity index (χ1) is 5.17. The van der Waals surface area contributed by atoms with Gasteiger partial charge in [-0.25, -0.2) is 4.79 Å². The SMILES string of the molecule is CC(C)(C)[Si](C)(C)C#CC(=O)O. The zero-order chi connectivity index (χ0) is 9.99. The van der Waals surface area contributed by atoms with Gasteiger partial charge in [-0.2, -0.15) is 0 Å². The minimum atomic E-state index is -1.71. The van der Waals surface area contributed by atoms with Crippen LogP contribution in [-0.2, 0) is 4.79 Å². The largest absolute Gasteiger partial charge is 0.472 e. The molecule has 0 saturated carbocycles. The molecule has 0 atom stereocenters. The molecule has 0 aliphatic heterocycles. The van der Waals surface area contributed by atoms with Gasteiger partial charge >= 0.3 is 5.97 Å². The lowest BCUT2D eigenvalue weighted by molar-refractivity contribution is -0.130. The van der Waals surface area contributed by atoms with Gasteiger partial charge in [0, 0.05) is 5.92 Å². The highest BCUT2D eigenvalue weighted by Crippen LogP contribution is 2.34. The number of carboxylic acid groups (broad SMARTS) is 1. The molecule has 0 saturated heterocycles. The molecule has 0 aromatic rings. The van der Waals surface area contributed by atoms with Crippen LogP contribution in [0.4, 0.5) is 0 Å². The molecule has 0 spiro atoms. The van der Waals surface area contributed by atoms with Gasteiger partial charge in [-0.1, -0.05) is 33.9 Å². The Morgan fingerprint density at radius 2 is 1.75 bits per heavy atom. The van der Waals surface area contributed by atoms with Crippen molar-refractivity contribution >= 4 is 14.0 Å².